The molecule has 0 saturated carbocycles. The van der Waals surface area contributed by atoms with Crippen molar-refractivity contribution >= 4 is 23.5 Å². The smallest absolute Gasteiger partial charge is 0.351 e. The van der Waals surface area contributed by atoms with Gasteiger partial charge in [0.25, 0.3) is 0 Å². The van der Waals surface area contributed by atoms with Crippen molar-refractivity contribution in [1.82, 2.24) is 9.55 Å². The number of aliphatic carboxylic acids is 1. The van der Waals surface area contributed by atoms with E-state index < -0.39 is 35.0 Å². The van der Waals surface area contributed by atoms with Crippen LogP contribution in [0.4, 0.5) is 10.2 Å². The van der Waals surface area contributed by atoms with Crippen LogP contribution in [0, 0.1) is 5.82 Å². The van der Waals surface area contributed by atoms with Gasteiger partial charge in [-0.05, 0) is 0 Å². The SMILES string of the molecule is Nc1nc(=O)n([C@H]2CS[C@@H](C(=O)O)O2)cc1F. The maximum atomic E-state index is 13.1. The summed E-state index contributed by atoms with van der Waals surface area (Å²) in [5.74, 6) is -2.26. The van der Waals surface area contributed by atoms with Gasteiger partial charge < -0.3 is 15.6 Å². The Balaban J connectivity index is 2.28. The predicted molar refractivity (Wildman–Crippen MR) is 56.9 cm³/mol. The molecule has 7 nitrogen and oxygen atoms in total. The summed E-state index contributed by atoms with van der Waals surface area (Å²) in [6, 6.07) is 0. The number of anilines is 1. The summed E-state index contributed by atoms with van der Waals surface area (Å²) in [5.41, 5.74) is 3.28. The van der Waals surface area contributed by atoms with Crippen LogP contribution < -0.4 is 11.4 Å². The molecule has 2 atom stereocenters. The fourth-order valence-electron chi connectivity index (χ4n) is 1.33. The number of hydrogen-bond donors (Lipinski definition) is 2. The molecule has 17 heavy (non-hydrogen) atoms. The number of carbonyl (C=O) groups is 1. The van der Waals surface area contributed by atoms with Crippen molar-refractivity contribution in [1.29, 1.82) is 0 Å². The Hall–Kier alpha value is -1.61. The highest BCUT2D eigenvalue weighted by Gasteiger charge is 2.33. The Kier molecular flexibility index (Phi) is 3.03. The van der Waals surface area contributed by atoms with Crippen molar-refractivity contribution in [2.24, 2.45) is 0 Å². The lowest BCUT2D eigenvalue weighted by molar-refractivity contribution is -0.147. The summed E-state index contributed by atoms with van der Waals surface area (Å²) in [4.78, 5) is 25.3. The van der Waals surface area contributed by atoms with E-state index >= 15 is 0 Å². The van der Waals surface area contributed by atoms with Crippen molar-refractivity contribution in [2.75, 3.05) is 11.5 Å². The van der Waals surface area contributed by atoms with E-state index in [-0.39, 0.29) is 5.75 Å². The maximum Gasteiger partial charge on any atom is 0.351 e. The highest BCUT2D eigenvalue weighted by atomic mass is 32.2. The average Bonchev–Trinajstić information content (AvgIpc) is 2.72. The van der Waals surface area contributed by atoms with E-state index in [1.165, 1.54) is 0 Å². The number of carboxylic acid groups (broad SMARTS) is 1. The van der Waals surface area contributed by atoms with Crippen LogP contribution in [-0.4, -0.2) is 31.8 Å². The first-order valence-electron chi connectivity index (χ1n) is 4.53. The van der Waals surface area contributed by atoms with Crippen molar-refractivity contribution in [2.45, 2.75) is 11.7 Å². The molecule has 1 aromatic rings. The lowest BCUT2D eigenvalue weighted by atomic mass is 10.5. The van der Waals surface area contributed by atoms with E-state index in [1.54, 1.807) is 0 Å². The van der Waals surface area contributed by atoms with Gasteiger partial charge in [-0.25, -0.2) is 14.0 Å². The third-order valence-electron chi connectivity index (χ3n) is 2.12. The van der Waals surface area contributed by atoms with Crippen LogP contribution in [-0.2, 0) is 9.53 Å². The zero-order valence-electron chi connectivity index (χ0n) is 8.37. The van der Waals surface area contributed by atoms with Gasteiger partial charge >= 0.3 is 11.7 Å². The zero-order chi connectivity index (χ0) is 12.6. The van der Waals surface area contributed by atoms with Gasteiger partial charge in [-0.3, -0.25) is 4.57 Å². The van der Waals surface area contributed by atoms with Crippen LogP contribution in [0.15, 0.2) is 11.0 Å². The summed E-state index contributed by atoms with van der Waals surface area (Å²) < 4.78 is 19.1. The maximum absolute atomic E-state index is 13.1. The quantitative estimate of drug-likeness (QED) is 0.748. The molecule has 0 aliphatic carbocycles. The van der Waals surface area contributed by atoms with Gasteiger partial charge in [0.15, 0.2) is 11.6 Å². The van der Waals surface area contributed by atoms with Gasteiger partial charge in [-0.1, -0.05) is 0 Å². The number of carboxylic acids is 1. The molecule has 1 aliphatic heterocycles. The van der Waals surface area contributed by atoms with Crippen molar-refractivity contribution in [3.8, 4) is 0 Å². The Labute approximate surface area is 98.4 Å². The minimum Gasteiger partial charge on any atom is -0.479 e. The predicted octanol–water partition coefficient (Wildman–Crippen LogP) is -0.363. The molecule has 0 aromatic carbocycles. The Morgan fingerprint density at radius 1 is 1.76 bits per heavy atom. The number of nitrogens with two attached hydrogens (primary N) is 1. The topological polar surface area (TPSA) is 107 Å². The standard InChI is InChI=1S/C8H8FN3O4S/c9-3-1-12(8(15)11-5(3)10)4-2-17-7(16-4)6(13)14/h1,4,7H,2H2,(H,13,14)(H2,10,11,15)/t4-,7+/m1/s1. The molecule has 92 valence electrons. The minimum atomic E-state index is -1.14. The number of aromatic nitrogens is 2. The van der Waals surface area contributed by atoms with E-state index in [0.717, 1.165) is 22.5 Å². The van der Waals surface area contributed by atoms with Crippen molar-refractivity contribution < 1.29 is 19.0 Å². The third-order valence-corrected chi connectivity index (χ3v) is 3.21. The lowest BCUT2D eigenvalue weighted by Gasteiger charge is -2.12. The molecule has 9 heteroatoms. The van der Waals surface area contributed by atoms with E-state index in [0.29, 0.717) is 0 Å². The van der Waals surface area contributed by atoms with Crippen LogP contribution in [0.25, 0.3) is 0 Å². The fourth-order valence-corrected chi connectivity index (χ4v) is 2.26. The third kappa shape index (κ3) is 2.24. The molecule has 0 bridgehead atoms. The molecule has 1 aliphatic rings. The molecule has 1 aromatic heterocycles. The van der Waals surface area contributed by atoms with Gasteiger partial charge in [0.2, 0.25) is 5.44 Å². The van der Waals surface area contributed by atoms with E-state index in [4.69, 9.17) is 15.6 Å². The summed E-state index contributed by atoms with van der Waals surface area (Å²) in [6.45, 7) is 0. The number of rotatable bonds is 2. The monoisotopic (exact) mass is 261 g/mol. The first kappa shape index (κ1) is 11.9. The molecule has 2 heterocycles. The summed E-state index contributed by atoms with van der Waals surface area (Å²) in [5, 5.41) is 8.70. The molecule has 1 saturated heterocycles. The average molecular weight is 261 g/mol. The molecule has 3 N–H and O–H groups in total. The number of thioether (sulfide) groups is 1. The zero-order valence-corrected chi connectivity index (χ0v) is 9.19. The fraction of sp³-hybridized carbons (Fsp3) is 0.375. The highest BCUT2D eigenvalue weighted by Crippen LogP contribution is 2.31. The first-order chi connectivity index (χ1) is 7.99. The Morgan fingerprint density at radius 3 is 3.06 bits per heavy atom. The number of halogens is 1. The Bertz CT molecular complexity index is 520. The highest BCUT2D eigenvalue weighted by molar-refractivity contribution is 8.00. The molecule has 0 amide bonds. The molecule has 0 spiro atoms. The van der Waals surface area contributed by atoms with E-state index in [2.05, 4.69) is 4.98 Å². The van der Waals surface area contributed by atoms with E-state index in [9.17, 15) is 14.0 Å². The van der Waals surface area contributed by atoms with Crippen LogP contribution in [0.1, 0.15) is 6.23 Å². The number of ether oxygens (including phenoxy) is 1. The molecule has 2 rings (SSSR count). The molecular weight excluding hydrogens is 253 g/mol. The van der Waals surface area contributed by atoms with Gasteiger partial charge in [0, 0.05) is 5.75 Å². The number of nitrogens with zero attached hydrogens (tertiary/aromatic N) is 2. The van der Waals surface area contributed by atoms with Gasteiger partial charge in [0.1, 0.15) is 6.23 Å². The van der Waals surface area contributed by atoms with Crippen LogP contribution in [0.2, 0.25) is 0 Å². The van der Waals surface area contributed by atoms with Crippen molar-refractivity contribution in [3.63, 3.8) is 0 Å². The molecule has 1 fully saturated rings. The minimum absolute atomic E-state index is 0.224. The van der Waals surface area contributed by atoms with E-state index in [1.807, 2.05) is 0 Å². The lowest BCUT2D eigenvalue weighted by Crippen LogP contribution is -2.30. The van der Waals surface area contributed by atoms with Gasteiger partial charge in [-0.15, -0.1) is 11.8 Å². The molecular formula is C8H8FN3O4S. The van der Waals surface area contributed by atoms with Gasteiger partial charge in [-0.2, -0.15) is 4.98 Å². The number of nitrogen functional groups attached to an aromatic ring is 1. The summed E-state index contributed by atoms with van der Waals surface area (Å²) >= 11 is 1.01. The summed E-state index contributed by atoms with van der Waals surface area (Å²) in [7, 11) is 0. The van der Waals surface area contributed by atoms with Crippen LogP contribution in [0.3, 0.4) is 0 Å². The van der Waals surface area contributed by atoms with Gasteiger partial charge in [0.05, 0.1) is 6.20 Å². The molecule has 0 radical (unpaired) electrons. The second-order valence-corrected chi connectivity index (χ2v) is 4.35. The van der Waals surface area contributed by atoms with Crippen LogP contribution in [0.5, 0.6) is 0 Å². The first-order valence-corrected chi connectivity index (χ1v) is 5.58. The van der Waals surface area contributed by atoms with Crippen LogP contribution >= 0.6 is 11.8 Å². The second kappa shape index (κ2) is 4.34. The number of hydrogen-bond acceptors (Lipinski definition) is 6. The normalized spacial score (nSPS) is 23.8. The molecule has 0 unspecified atom stereocenters. The summed E-state index contributed by atoms with van der Waals surface area (Å²) in [6.07, 6.45) is 0.0105. The second-order valence-electron chi connectivity index (χ2n) is 3.26. The van der Waals surface area contributed by atoms with Crippen molar-refractivity contribution in [3.05, 3.63) is 22.5 Å². The largest absolute Gasteiger partial charge is 0.479 e. The Morgan fingerprint density at radius 2 is 2.47 bits per heavy atom.